The fraction of sp³-hybridized carbons (Fsp3) is 0.682. The highest BCUT2D eigenvalue weighted by atomic mass is 31.2. The molecule has 0 aliphatic heterocycles. The van der Waals surface area contributed by atoms with Gasteiger partial charge in [0.1, 0.15) is 6.61 Å². The minimum atomic E-state index is -4.36. The third-order valence-electron chi connectivity index (χ3n) is 8.31. The summed E-state index contributed by atoms with van der Waals surface area (Å²) in [4.78, 5) is 35.0. The monoisotopic (exact) mass is 778 g/mol. The predicted octanol–water partition coefficient (Wildman–Crippen LogP) is 11.8. The highest BCUT2D eigenvalue weighted by Gasteiger charge is 2.26. The van der Waals surface area contributed by atoms with Crippen molar-refractivity contribution in [3.8, 4) is 0 Å². The molecular formula is C44H76NO8P. The Kier molecular flexibility index (Phi) is 38.2. The molecule has 2 unspecified atom stereocenters. The molecule has 0 spiro atoms. The molecule has 0 saturated heterocycles. The summed E-state index contributed by atoms with van der Waals surface area (Å²) in [6.07, 6.45) is 46.6. The fourth-order valence-electron chi connectivity index (χ4n) is 5.16. The Balaban J connectivity index is 4.32. The van der Waals surface area contributed by atoms with E-state index in [1.165, 1.54) is 32.1 Å². The van der Waals surface area contributed by atoms with E-state index in [9.17, 15) is 19.0 Å². The Morgan fingerprint density at radius 2 is 1.06 bits per heavy atom. The topological polar surface area (TPSA) is 120 Å². The SMILES string of the molecule is CC/C=C\C/C=C\C/C=C\C/C=C\C/C=C\CCCCCC(=O)OCC(COP(=O)(O)OCCNC)OC(=O)CCCCCCC/C=C\CCCCCC. The minimum absolute atomic E-state index is 0.0276. The first kappa shape index (κ1) is 51.5. The van der Waals surface area contributed by atoms with Crippen LogP contribution in [-0.4, -0.2) is 56.3 Å². The van der Waals surface area contributed by atoms with Gasteiger partial charge in [-0.15, -0.1) is 0 Å². The van der Waals surface area contributed by atoms with Crippen LogP contribution in [0.3, 0.4) is 0 Å². The summed E-state index contributed by atoms with van der Waals surface area (Å²) < 4.78 is 33.1. The highest BCUT2D eigenvalue weighted by Crippen LogP contribution is 2.43. The molecule has 0 aromatic heterocycles. The van der Waals surface area contributed by atoms with Gasteiger partial charge in [-0.25, -0.2) is 4.57 Å². The number of phosphoric acid groups is 1. The van der Waals surface area contributed by atoms with E-state index in [0.29, 0.717) is 19.4 Å². The van der Waals surface area contributed by atoms with Crippen LogP contribution in [0.2, 0.25) is 0 Å². The van der Waals surface area contributed by atoms with Crippen molar-refractivity contribution < 1.29 is 37.6 Å². The second-order valence-corrected chi connectivity index (χ2v) is 14.9. The zero-order valence-corrected chi connectivity index (χ0v) is 35.0. The van der Waals surface area contributed by atoms with Crippen molar-refractivity contribution in [2.24, 2.45) is 0 Å². The van der Waals surface area contributed by atoms with Gasteiger partial charge in [-0.3, -0.25) is 18.6 Å². The first-order valence-corrected chi connectivity index (χ1v) is 22.4. The van der Waals surface area contributed by atoms with Crippen LogP contribution in [0.15, 0.2) is 72.9 Å². The molecule has 0 aromatic rings. The minimum Gasteiger partial charge on any atom is -0.462 e. The number of likely N-dealkylation sites (N-methyl/N-ethyl adjacent to an activating group) is 1. The molecule has 0 fully saturated rings. The average molecular weight is 778 g/mol. The number of hydrogen-bond acceptors (Lipinski definition) is 8. The van der Waals surface area contributed by atoms with E-state index in [1.54, 1.807) is 7.05 Å². The second-order valence-electron chi connectivity index (χ2n) is 13.4. The van der Waals surface area contributed by atoms with Crippen molar-refractivity contribution in [1.82, 2.24) is 5.32 Å². The standard InChI is InChI=1S/C44H76NO8P/c1-4-6-8-10-12-14-16-18-19-20-21-22-23-25-26-28-30-32-34-36-43(46)50-40-42(41-52-54(48,49)51-39-38-45-3)53-44(47)37-35-33-31-29-27-24-17-15-13-11-9-7-5-2/h6,8,12,14-15,17-19,21-22,25-26,42,45H,4-5,7,9-11,13,16,20,23-24,27-41H2,1-3H3,(H,48,49)/b8-6-,14-12-,17-15-,19-18-,22-21-,26-25-. The van der Waals surface area contributed by atoms with Gasteiger partial charge < -0.3 is 19.7 Å². The number of hydrogen-bond donors (Lipinski definition) is 2. The number of allylic oxidation sites excluding steroid dienone is 12. The van der Waals surface area contributed by atoms with E-state index in [-0.39, 0.29) is 26.1 Å². The highest BCUT2D eigenvalue weighted by molar-refractivity contribution is 7.47. The van der Waals surface area contributed by atoms with Crippen molar-refractivity contribution in [3.63, 3.8) is 0 Å². The number of ether oxygens (including phenoxy) is 2. The van der Waals surface area contributed by atoms with Crippen molar-refractivity contribution >= 4 is 19.8 Å². The van der Waals surface area contributed by atoms with Crippen LogP contribution >= 0.6 is 7.82 Å². The lowest BCUT2D eigenvalue weighted by molar-refractivity contribution is -0.161. The number of esters is 2. The van der Waals surface area contributed by atoms with Crippen LogP contribution in [0.25, 0.3) is 0 Å². The van der Waals surface area contributed by atoms with Gasteiger partial charge in [-0.05, 0) is 90.5 Å². The predicted molar refractivity (Wildman–Crippen MR) is 224 cm³/mol. The third-order valence-corrected chi connectivity index (χ3v) is 9.29. The van der Waals surface area contributed by atoms with E-state index in [0.717, 1.165) is 83.5 Å². The molecule has 54 heavy (non-hydrogen) atoms. The van der Waals surface area contributed by atoms with Gasteiger partial charge in [0.15, 0.2) is 6.10 Å². The smallest absolute Gasteiger partial charge is 0.462 e. The maximum absolute atomic E-state index is 12.6. The summed E-state index contributed by atoms with van der Waals surface area (Å²) in [5.74, 6) is -0.862. The summed E-state index contributed by atoms with van der Waals surface area (Å²) >= 11 is 0. The normalized spacial score (nSPS) is 14.1. The van der Waals surface area contributed by atoms with Gasteiger partial charge >= 0.3 is 19.8 Å². The molecule has 0 aromatic carbocycles. The number of unbranched alkanes of at least 4 members (excludes halogenated alkanes) is 12. The van der Waals surface area contributed by atoms with E-state index in [4.69, 9.17) is 18.5 Å². The van der Waals surface area contributed by atoms with Crippen molar-refractivity contribution in [1.29, 1.82) is 0 Å². The Morgan fingerprint density at radius 1 is 0.593 bits per heavy atom. The van der Waals surface area contributed by atoms with Crippen LogP contribution in [0.1, 0.15) is 155 Å². The zero-order valence-electron chi connectivity index (χ0n) is 34.1. The number of carbonyl (C=O) groups excluding carboxylic acids is 2. The Labute approximate surface area is 329 Å². The summed E-state index contributed by atoms with van der Waals surface area (Å²) in [5, 5.41) is 2.81. The number of rotatable bonds is 38. The van der Waals surface area contributed by atoms with Gasteiger partial charge in [-0.1, -0.05) is 132 Å². The van der Waals surface area contributed by atoms with Crippen LogP contribution in [0, 0.1) is 0 Å². The van der Waals surface area contributed by atoms with Gasteiger partial charge in [0.25, 0.3) is 0 Å². The molecule has 10 heteroatoms. The van der Waals surface area contributed by atoms with E-state index in [1.807, 2.05) is 0 Å². The molecule has 0 aliphatic carbocycles. The van der Waals surface area contributed by atoms with Gasteiger partial charge in [0.05, 0.1) is 13.2 Å². The van der Waals surface area contributed by atoms with E-state index in [2.05, 4.69) is 92.1 Å². The van der Waals surface area contributed by atoms with Crippen molar-refractivity contribution in [2.45, 2.75) is 161 Å². The molecule has 0 rings (SSSR count). The van der Waals surface area contributed by atoms with Gasteiger partial charge in [0, 0.05) is 19.4 Å². The number of phosphoric ester groups is 1. The third kappa shape index (κ3) is 39.2. The molecular weight excluding hydrogens is 701 g/mol. The van der Waals surface area contributed by atoms with Crippen LogP contribution in [0.5, 0.6) is 0 Å². The number of carbonyl (C=O) groups is 2. The molecule has 9 nitrogen and oxygen atoms in total. The largest absolute Gasteiger partial charge is 0.472 e. The summed E-state index contributed by atoms with van der Waals surface area (Å²) in [6, 6.07) is 0. The summed E-state index contributed by atoms with van der Waals surface area (Å²) in [6.45, 7) is 4.02. The van der Waals surface area contributed by atoms with E-state index < -0.39 is 32.5 Å². The first-order chi connectivity index (χ1) is 26.3. The Hall–Kier alpha value is -2.55. The lowest BCUT2D eigenvalue weighted by Crippen LogP contribution is -2.29. The zero-order chi connectivity index (χ0) is 39.6. The molecule has 0 amide bonds. The van der Waals surface area contributed by atoms with Crippen LogP contribution in [0.4, 0.5) is 0 Å². The lowest BCUT2D eigenvalue weighted by Gasteiger charge is -2.20. The maximum atomic E-state index is 12.6. The van der Waals surface area contributed by atoms with Gasteiger partial charge in [-0.2, -0.15) is 0 Å². The molecule has 2 atom stereocenters. The fourth-order valence-corrected chi connectivity index (χ4v) is 5.91. The molecule has 0 heterocycles. The summed E-state index contributed by atoms with van der Waals surface area (Å²) in [5.41, 5.74) is 0. The lowest BCUT2D eigenvalue weighted by atomic mass is 10.1. The Morgan fingerprint density at radius 3 is 1.61 bits per heavy atom. The molecule has 310 valence electrons. The second kappa shape index (κ2) is 40.1. The molecule has 2 N–H and O–H groups in total. The quantitative estimate of drug-likeness (QED) is 0.0273. The first-order valence-electron chi connectivity index (χ1n) is 20.9. The van der Waals surface area contributed by atoms with Crippen LogP contribution < -0.4 is 5.32 Å². The van der Waals surface area contributed by atoms with Crippen molar-refractivity contribution in [2.75, 3.05) is 33.4 Å². The number of nitrogens with one attached hydrogen (secondary N) is 1. The summed E-state index contributed by atoms with van der Waals surface area (Å²) in [7, 11) is -2.67. The van der Waals surface area contributed by atoms with Gasteiger partial charge in [0.2, 0.25) is 0 Å². The molecule has 0 aliphatic rings. The molecule has 0 saturated carbocycles. The molecule has 0 bridgehead atoms. The van der Waals surface area contributed by atoms with Crippen molar-refractivity contribution in [3.05, 3.63) is 72.9 Å². The molecule has 0 radical (unpaired) electrons. The van der Waals surface area contributed by atoms with Crippen LogP contribution in [-0.2, 0) is 32.7 Å². The average Bonchev–Trinajstić information content (AvgIpc) is 3.15. The van der Waals surface area contributed by atoms with E-state index >= 15 is 0 Å². The Bertz CT molecular complexity index is 1110. The maximum Gasteiger partial charge on any atom is 0.472 e.